The molecule has 1 aliphatic carbocycles. The second kappa shape index (κ2) is 8.38. The second-order valence-corrected chi connectivity index (χ2v) is 9.01. The van der Waals surface area contributed by atoms with E-state index in [0.29, 0.717) is 12.0 Å². The summed E-state index contributed by atoms with van der Waals surface area (Å²) in [5, 5.41) is 2.11. The summed E-state index contributed by atoms with van der Waals surface area (Å²) in [5.41, 5.74) is 0.551. The number of nitrogens with one attached hydrogen (secondary N) is 1. The molecule has 29 heavy (non-hydrogen) atoms. The second-order valence-electron chi connectivity index (χ2n) is 6.79. The van der Waals surface area contributed by atoms with Crippen molar-refractivity contribution >= 4 is 63.8 Å². The number of rotatable bonds is 6. The number of hydrogen-bond acceptors (Lipinski definition) is 2. The summed E-state index contributed by atoms with van der Waals surface area (Å²) in [6.45, 7) is 1.81. The molecular weight excluding hydrogens is 466 g/mol. The van der Waals surface area contributed by atoms with E-state index in [1.54, 1.807) is 0 Å². The zero-order chi connectivity index (χ0) is 21.5. The summed E-state index contributed by atoms with van der Waals surface area (Å²) in [6.07, 6.45) is 0.761. The normalized spacial score (nSPS) is 19.7. The van der Waals surface area contributed by atoms with Crippen LogP contribution in [-0.2, 0) is 4.79 Å². The Morgan fingerprint density at radius 2 is 1.79 bits per heavy atom. The molecule has 1 saturated carbocycles. The van der Waals surface area contributed by atoms with Crippen LogP contribution in [0.4, 0.5) is 14.5 Å². The fourth-order valence-corrected chi connectivity index (χ4v) is 4.45. The van der Waals surface area contributed by atoms with Gasteiger partial charge in [0.2, 0.25) is 5.91 Å². The average molecular weight is 481 g/mol. The van der Waals surface area contributed by atoms with E-state index in [1.165, 1.54) is 18.2 Å². The summed E-state index contributed by atoms with van der Waals surface area (Å²) < 4.78 is 26.1. The highest BCUT2D eigenvalue weighted by molar-refractivity contribution is 6.53. The third-order valence-corrected chi connectivity index (χ3v) is 6.33. The standard InChI is InChI=1S/C20H15Cl4F2NO2/c1-2-3-15(28)11-7-10(8-14(26)18(11)22)27-19(29)17-16(20(17,23)24)9-4-5-13(25)12(21)6-9/h4-8,16-17H,2-3H2,1H3,(H,27,29). The SMILES string of the molecule is CCCC(=O)c1cc(NC(=O)C2C(c3ccc(F)c(Cl)c3)C2(Cl)Cl)cc(F)c1Cl. The molecular formula is C20H15Cl4F2NO2. The van der Waals surface area contributed by atoms with Gasteiger partial charge in [0.05, 0.1) is 16.0 Å². The number of benzene rings is 2. The predicted octanol–water partition coefficient (Wildman–Crippen LogP) is 6.78. The van der Waals surface area contributed by atoms with Gasteiger partial charge in [-0.3, -0.25) is 9.59 Å². The van der Waals surface area contributed by atoms with E-state index in [1.807, 2.05) is 6.92 Å². The molecule has 0 aromatic heterocycles. The molecule has 3 rings (SSSR count). The molecule has 9 heteroatoms. The third kappa shape index (κ3) is 4.38. The molecule has 0 aliphatic heterocycles. The first-order valence-corrected chi connectivity index (χ1v) is 10.2. The zero-order valence-corrected chi connectivity index (χ0v) is 18.1. The van der Waals surface area contributed by atoms with Gasteiger partial charge in [-0.05, 0) is 36.2 Å². The van der Waals surface area contributed by atoms with E-state index >= 15 is 0 Å². The van der Waals surface area contributed by atoms with Crippen LogP contribution >= 0.6 is 46.4 Å². The largest absolute Gasteiger partial charge is 0.326 e. The average Bonchev–Trinajstić information content (AvgIpc) is 3.22. The van der Waals surface area contributed by atoms with Gasteiger partial charge in [0, 0.05) is 23.6 Å². The van der Waals surface area contributed by atoms with E-state index in [0.717, 1.165) is 12.1 Å². The third-order valence-electron chi connectivity index (χ3n) is 4.71. The highest BCUT2D eigenvalue weighted by Crippen LogP contribution is 2.65. The first-order valence-electron chi connectivity index (χ1n) is 8.73. The maximum atomic E-state index is 14.1. The number of anilines is 1. The number of Topliss-reactive ketones (excluding diaryl/α,β-unsaturated/α-hetero) is 1. The number of ketones is 1. The van der Waals surface area contributed by atoms with Gasteiger partial charge < -0.3 is 5.32 Å². The fourth-order valence-electron chi connectivity index (χ4n) is 3.22. The Hall–Kier alpha value is -1.40. The number of amides is 1. The van der Waals surface area contributed by atoms with Gasteiger partial charge in [0.1, 0.15) is 16.0 Å². The first kappa shape index (κ1) is 22.3. The van der Waals surface area contributed by atoms with Crippen LogP contribution in [0.1, 0.15) is 41.6 Å². The van der Waals surface area contributed by atoms with Crippen molar-refractivity contribution in [1.82, 2.24) is 0 Å². The minimum absolute atomic E-state index is 0.00973. The molecule has 2 atom stereocenters. The number of carbonyl (C=O) groups is 2. The van der Waals surface area contributed by atoms with Crippen LogP contribution in [0.15, 0.2) is 30.3 Å². The van der Waals surface area contributed by atoms with Crippen molar-refractivity contribution in [2.45, 2.75) is 30.0 Å². The Bertz CT molecular complexity index is 997. The summed E-state index contributed by atoms with van der Waals surface area (Å²) in [7, 11) is 0. The first-order chi connectivity index (χ1) is 13.6. The minimum atomic E-state index is -1.43. The molecule has 1 fully saturated rings. The van der Waals surface area contributed by atoms with E-state index in [-0.39, 0.29) is 33.5 Å². The lowest BCUT2D eigenvalue weighted by Crippen LogP contribution is -2.17. The van der Waals surface area contributed by atoms with Crippen LogP contribution in [-0.4, -0.2) is 16.0 Å². The molecule has 154 valence electrons. The maximum absolute atomic E-state index is 14.1. The number of alkyl halides is 2. The smallest absolute Gasteiger partial charge is 0.231 e. The van der Waals surface area contributed by atoms with Crippen molar-refractivity contribution in [3.05, 3.63) is 63.1 Å². The summed E-state index contributed by atoms with van der Waals surface area (Å²) in [5.74, 6) is -3.83. The van der Waals surface area contributed by atoms with Crippen molar-refractivity contribution in [1.29, 1.82) is 0 Å². The molecule has 0 spiro atoms. The number of halogens is 6. The van der Waals surface area contributed by atoms with Crippen LogP contribution in [0.5, 0.6) is 0 Å². The molecule has 1 aliphatic rings. The Kier molecular flexibility index (Phi) is 6.44. The maximum Gasteiger partial charge on any atom is 0.231 e. The lowest BCUT2D eigenvalue weighted by molar-refractivity contribution is -0.117. The lowest BCUT2D eigenvalue weighted by Gasteiger charge is -2.10. The summed E-state index contributed by atoms with van der Waals surface area (Å²) in [4.78, 5) is 24.9. The molecule has 1 amide bonds. The van der Waals surface area contributed by atoms with Crippen molar-refractivity contribution in [2.24, 2.45) is 5.92 Å². The van der Waals surface area contributed by atoms with Crippen molar-refractivity contribution in [2.75, 3.05) is 5.32 Å². The van der Waals surface area contributed by atoms with Gasteiger partial charge in [-0.25, -0.2) is 8.78 Å². The van der Waals surface area contributed by atoms with E-state index in [9.17, 15) is 18.4 Å². The summed E-state index contributed by atoms with van der Waals surface area (Å²) >= 11 is 24.2. The van der Waals surface area contributed by atoms with Crippen LogP contribution in [0.25, 0.3) is 0 Å². The topological polar surface area (TPSA) is 46.2 Å². The van der Waals surface area contributed by atoms with Crippen molar-refractivity contribution < 1.29 is 18.4 Å². The van der Waals surface area contributed by atoms with Crippen LogP contribution in [0.2, 0.25) is 10.0 Å². The fraction of sp³-hybridized carbons (Fsp3) is 0.300. The molecule has 2 aromatic carbocycles. The predicted molar refractivity (Wildman–Crippen MR) is 111 cm³/mol. The van der Waals surface area contributed by atoms with E-state index in [4.69, 9.17) is 46.4 Å². The van der Waals surface area contributed by atoms with Gasteiger partial charge in [0.15, 0.2) is 5.78 Å². The molecule has 0 bridgehead atoms. The van der Waals surface area contributed by atoms with Crippen LogP contribution < -0.4 is 5.32 Å². The Morgan fingerprint density at radius 1 is 1.10 bits per heavy atom. The number of carbonyl (C=O) groups excluding carboxylic acids is 2. The Balaban J connectivity index is 1.83. The molecule has 2 aromatic rings. The molecule has 0 heterocycles. The van der Waals surface area contributed by atoms with Crippen molar-refractivity contribution in [3.8, 4) is 0 Å². The molecule has 1 N–H and O–H groups in total. The highest BCUT2D eigenvalue weighted by Gasteiger charge is 2.67. The van der Waals surface area contributed by atoms with Gasteiger partial charge in [-0.15, -0.1) is 23.2 Å². The molecule has 0 radical (unpaired) electrons. The molecule has 0 saturated heterocycles. The van der Waals surface area contributed by atoms with Gasteiger partial charge in [0.25, 0.3) is 0 Å². The quantitative estimate of drug-likeness (QED) is 0.365. The Labute approximate surface area is 186 Å². The lowest BCUT2D eigenvalue weighted by atomic mass is 10.1. The molecule has 2 unspecified atom stereocenters. The summed E-state index contributed by atoms with van der Waals surface area (Å²) in [6, 6.07) is 6.30. The van der Waals surface area contributed by atoms with Crippen LogP contribution in [0.3, 0.4) is 0 Å². The van der Waals surface area contributed by atoms with Gasteiger partial charge >= 0.3 is 0 Å². The van der Waals surface area contributed by atoms with E-state index in [2.05, 4.69) is 5.32 Å². The molecule has 3 nitrogen and oxygen atoms in total. The Morgan fingerprint density at radius 3 is 2.41 bits per heavy atom. The number of hydrogen-bond donors (Lipinski definition) is 1. The van der Waals surface area contributed by atoms with Crippen molar-refractivity contribution in [3.63, 3.8) is 0 Å². The monoisotopic (exact) mass is 479 g/mol. The zero-order valence-electron chi connectivity index (χ0n) is 15.0. The van der Waals surface area contributed by atoms with E-state index < -0.39 is 33.7 Å². The van der Waals surface area contributed by atoms with Crippen LogP contribution in [0, 0.1) is 17.6 Å². The van der Waals surface area contributed by atoms with Gasteiger partial charge in [-0.2, -0.15) is 0 Å². The highest BCUT2D eigenvalue weighted by atomic mass is 35.5. The van der Waals surface area contributed by atoms with Gasteiger partial charge in [-0.1, -0.05) is 36.2 Å². The minimum Gasteiger partial charge on any atom is -0.326 e.